The van der Waals surface area contributed by atoms with Crippen LogP contribution in [-0.4, -0.2) is 38.6 Å². The number of hydrogen-bond donors (Lipinski definition) is 0. The van der Waals surface area contributed by atoms with Crippen LogP contribution in [0.4, 0.5) is 0 Å². The van der Waals surface area contributed by atoms with E-state index in [1.165, 1.54) is 5.69 Å². The van der Waals surface area contributed by atoms with Gasteiger partial charge in [0.2, 0.25) is 0 Å². The minimum absolute atomic E-state index is 0.178. The molecule has 1 aliphatic rings. The van der Waals surface area contributed by atoms with Crippen LogP contribution in [0.5, 0.6) is 5.75 Å². The largest absolute Gasteiger partial charge is 0.488 e. The second kappa shape index (κ2) is 5.31. The molecule has 1 fully saturated rings. The van der Waals surface area contributed by atoms with E-state index in [2.05, 4.69) is 14.9 Å². The maximum absolute atomic E-state index is 8.79. The van der Waals surface area contributed by atoms with Crippen molar-refractivity contribution in [1.82, 2.24) is 19.4 Å². The van der Waals surface area contributed by atoms with E-state index in [4.69, 9.17) is 10.00 Å². The summed E-state index contributed by atoms with van der Waals surface area (Å²) in [5.74, 6) is 0.710. The highest BCUT2D eigenvalue weighted by Crippen LogP contribution is 2.19. The van der Waals surface area contributed by atoms with E-state index in [9.17, 15) is 0 Å². The lowest BCUT2D eigenvalue weighted by molar-refractivity contribution is 0.0133. The summed E-state index contributed by atoms with van der Waals surface area (Å²) in [5.41, 5.74) is 1.58. The number of nitriles is 1. The van der Waals surface area contributed by atoms with Crippen LogP contribution in [-0.2, 0) is 13.6 Å². The van der Waals surface area contributed by atoms with Gasteiger partial charge in [-0.25, -0.2) is 9.97 Å². The Hall–Kier alpha value is -2.39. The third-order valence-electron chi connectivity index (χ3n) is 3.37. The molecular formula is C14H15N5O. The molecule has 1 saturated heterocycles. The number of aromatic nitrogens is 3. The predicted octanol–water partition coefficient (Wildman–Crippen LogP) is 0.950. The summed E-state index contributed by atoms with van der Waals surface area (Å²) >= 11 is 0. The summed E-state index contributed by atoms with van der Waals surface area (Å²) in [4.78, 5) is 10.3. The number of aryl methyl sites for hydroxylation is 1. The highest BCUT2D eigenvalue weighted by Gasteiger charge is 2.28. The van der Waals surface area contributed by atoms with Crippen LogP contribution < -0.4 is 4.74 Å². The SMILES string of the molecule is Cn1cncc1CN1CC(Oc2ccnc(C#N)c2)C1. The fourth-order valence-electron chi connectivity index (χ4n) is 2.23. The van der Waals surface area contributed by atoms with Crippen molar-refractivity contribution in [3.05, 3.63) is 42.2 Å². The van der Waals surface area contributed by atoms with Gasteiger partial charge in [0, 0.05) is 45.1 Å². The maximum Gasteiger partial charge on any atom is 0.144 e. The number of pyridine rings is 1. The first-order chi connectivity index (χ1) is 9.74. The molecule has 1 aliphatic heterocycles. The van der Waals surface area contributed by atoms with E-state index >= 15 is 0 Å². The fraction of sp³-hybridized carbons (Fsp3) is 0.357. The second-order valence-corrected chi connectivity index (χ2v) is 4.92. The van der Waals surface area contributed by atoms with Crippen LogP contribution >= 0.6 is 0 Å². The molecule has 3 heterocycles. The van der Waals surface area contributed by atoms with Crippen molar-refractivity contribution in [2.75, 3.05) is 13.1 Å². The zero-order valence-corrected chi connectivity index (χ0v) is 11.2. The molecular weight excluding hydrogens is 254 g/mol. The molecule has 6 heteroatoms. The summed E-state index contributed by atoms with van der Waals surface area (Å²) in [6, 6.07) is 5.46. The van der Waals surface area contributed by atoms with Gasteiger partial charge in [0.05, 0.1) is 12.0 Å². The Kier molecular flexibility index (Phi) is 3.35. The Morgan fingerprint density at radius 3 is 3.05 bits per heavy atom. The van der Waals surface area contributed by atoms with Crippen LogP contribution in [0, 0.1) is 11.3 Å². The monoisotopic (exact) mass is 269 g/mol. The van der Waals surface area contributed by atoms with Crippen molar-refractivity contribution in [3.63, 3.8) is 0 Å². The summed E-state index contributed by atoms with van der Waals surface area (Å²) in [6.07, 6.45) is 5.47. The molecule has 2 aromatic heterocycles. The Morgan fingerprint density at radius 1 is 1.50 bits per heavy atom. The Balaban J connectivity index is 1.51. The van der Waals surface area contributed by atoms with Gasteiger partial charge in [0.15, 0.2) is 0 Å². The minimum Gasteiger partial charge on any atom is -0.488 e. The summed E-state index contributed by atoms with van der Waals surface area (Å²) in [6.45, 7) is 2.65. The lowest BCUT2D eigenvalue weighted by Crippen LogP contribution is -2.53. The van der Waals surface area contributed by atoms with E-state index in [-0.39, 0.29) is 6.10 Å². The second-order valence-electron chi connectivity index (χ2n) is 4.92. The number of rotatable bonds is 4. The van der Waals surface area contributed by atoms with Crippen LogP contribution in [0.15, 0.2) is 30.9 Å². The molecule has 0 radical (unpaired) electrons. The minimum atomic E-state index is 0.178. The number of likely N-dealkylation sites (tertiary alicyclic amines) is 1. The maximum atomic E-state index is 8.79. The first kappa shape index (κ1) is 12.6. The molecule has 0 atom stereocenters. The molecule has 0 bridgehead atoms. The average molecular weight is 269 g/mol. The molecule has 0 saturated carbocycles. The predicted molar refractivity (Wildman–Crippen MR) is 71.9 cm³/mol. The topological polar surface area (TPSA) is 67.0 Å². The number of hydrogen-bond acceptors (Lipinski definition) is 5. The molecule has 20 heavy (non-hydrogen) atoms. The Labute approximate surface area is 117 Å². The first-order valence-electron chi connectivity index (χ1n) is 6.45. The van der Waals surface area contributed by atoms with Gasteiger partial charge in [0.1, 0.15) is 23.6 Å². The summed E-state index contributed by atoms with van der Waals surface area (Å²) in [7, 11) is 2.00. The van der Waals surface area contributed by atoms with Gasteiger partial charge in [-0.05, 0) is 6.07 Å². The molecule has 102 valence electrons. The third-order valence-corrected chi connectivity index (χ3v) is 3.37. The summed E-state index contributed by atoms with van der Waals surface area (Å²) in [5, 5.41) is 8.79. The molecule has 0 aliphatic carbocycles. The highest BCUT2D eigenvalue weighted by atomic mass is 16.5. The van der Waals surface area contributed by atoms with Crippen molar-refractivity contribution in [1.29, 1.82) is 5.26 Å². The van der Waals surface area contributed by atoms with Gasteiger partial charge in [-0.15, -0.1) is 0 Å². The zero-order chi connectivity index (χ0) is 13.9. The normalized spacial score (nSPS) is 15.6. The quantitative estimate of drug-likeness (QED) is 0.826. The van der Waals surface area contributed by atoms with Crippen LogP contribution in [0.2, 0.25) is 0 Å². The van der Waals surface area contributed by atoms with E-state index in [1.54, 1.807) is 18.3 Å². The van der Waals surface area contributed by atoms with Gasteiger partial charge < -0.3 is 9.30 Å². The molecule has 0 amide bonds. The van der Waals surface area contributed by atoms with E-state index in [0.717, 1.165) is 19.6 Å². The zero-order valence-electron chi connectivity index (χ0n) is 11.2. The third kappa shape index (κ3) is 2.63. The number of imidazole rings is 1. The Morgan fingerprint density at radius 2 is 2.35 bits per heavy atom. The van der Waals surface area contributed by atoms with E-state index < -0.39 is 0 Å². The molecule has 0 spiro atoms. The smallest absolute Gasteiger partial charge is 0.144 e. The van der Waals surface area contributed by atoms with Crippen molar-refractivity contribution < 1.29 is 4.74 Å². The molecule has 0 aromatic carbocycles. The van der Waals surface area contributed by atoms with Gasteiger partial charge in [-0.1, -0.05) is 0 Å². The standard InChI is InChI=1S/C14H15N5O/c1-18-10-16-6-12(18)7-19-8-14(9-19)20-13-2-3-17-11(4-13)5-15/h2-4,6,10,14H,7-9H2,1H3. The number of nitrogens with zero attached hydrogens (tertiary/aromatic N) is 5. The van der Waals surface area contributed by atoms with E-state index in [1.807, 2.05) is 30.2 Å². The summed E-state index contributed by atoms with van der Waals surface area (Å²) < 4.78 is 7.84. The molecule has 6 nitrogen and oxygen atoms in total. The van der Waals surface area contributed by atoms with Crippen LogP contribution in [0.1, 0.15) is 11.4 Å². The molecule has 0 unspecified atom stereocenters. The van der Waals surface area contributed by atoms with Crippen molar-refractivity contribution in [2.45, 2.75) is 12.6 Å². The van der Waals surface area contributed by atoms with Gasteiger partial charge in [-0.2, -0.15) is 5.26 Å². The fourth-order valence-corrected chi connectivity index (χ4v) is 2.23. The molecule has 2 aromatic rings. The van der Waals surface area contributed by atoms with Crippen LogP contribution in [0.25, 0.3) is 0 Å². The van der Waals surface area contributed by atoms with Gasteiger partial charge in [0.25, 0.3) is 0 Å². The lowest BCUT2D eigenvalue weighted by Gasteiger charge is -2.38. The van der Waals surface area contributed by atoms with Crippen LogP contribution in [0.3, 0.4) is 0 Å². The van der Waals surface area contributed by atoms with E-state index in [0.29, 0.717) is 11.4 Å². The Bertz CT molecular complexity index is 639. The molecule has 0 N–H and O–H groups in total. The van der Waals surface area contributed by atoms with Crippen molar-refractivity contribution in [2.24, 2.45) is 7.05 Å². The highest BCUT2D eigenvalue weighted by molar-refractivity contribution is 5.30. The lowest BCUT2D eigenvalue weighted by atomic mass is 10.1. The van der Waals surface area contributed by atoms with Gasteiger partial charge in [-0.3, -0.25) is 4.90 Å². The van der Waals surface area contributed by atoms with Crippen molar-refractivity contribution >= 4 is 0 Å². The van der Waals surface area contributed by atoms with Crippen molar-refractivity contribution in [3.8, 4) is 11.8 Å². The first-order valence-corrected chi connectivity index (χ1v) is 6.45. The average Bonchev–Trinajstić information content (AvgIpc) is 2.82. The number of ether oxygens (including phenoxy) is 1. The van der Waals surface area contributed by atoms with Gasteiger partial charge >= 0.3 is 0 Å². The molecule has 3 rings (SSSR count).